The molecule has 0 radical (unpaired) electrons. The van der Waals surface area contributed by atoms with Crippen molar-refractivity contribution in [3.05, 3.63) is 34.3 Å². The molecule has 106 valence electrons. The minimum absolute atomic E-state index is 0.0770. The van der Waals surface area contributed by atoms with Crippen LogP contribution >= 0.6 is 15.9 Å². The molecule has 20 heavy (non-hydrogen) atoms. The molecule has 4 aliphatic carbocycles. The van der Waals surface area contributed by atoms with Gasteiger partial charge in [-0.1, -0.05) is 28.1 Å². The summed E-state index contributed by atoms with van der Waals surface area (Å²) >= 11 is 3.58. The zero-order valence-corrected chi connectivity index (χ0v) is 13.0. The third-order valence-corrected chi connectivity index (χ3v) is 6.49. The van der Waals surface area contributed by atoms with Crippen molar-refractivity contribution in [3.8, 4) is 0 Å². The largest absolute Gasteiger partial charge is 0.481 e. The van der Waals surface area contributed by atoms with Gasteiger partial charge in [0.25, 0.3) is 0 Å². The molecule has 0 saturated heterocycles. The van der Waals surface area contributed by atoms with Gasteiger partial charge in [0.15, 0.2) is 0 Å². The predicted molar refractivity (Wildman–Crippen MR) is 80.5 cm³/mol. The third kappa shape index (κ3) is 1.78. The van der Waals surface area contributed by atoms with Gasteiger partial charge in [0, 0.05) is 4.47 Å². The van der Waals surface area contributed by atoms with Crippen LogP contribution in [0.2, 0.25) is 0 Å². The molecule has 1 aromatic carbocycles. The molecule has 3 heteroatoms. The smallest absolute Gasteiger partial charge is 0.307 e. The van der Waals surface area contributed by atoms with Crippen LogP contribution in [0.4, 0.5) is 0 Å². The van der Waals surface area contributed by atoms with Crippen molar-refractivity contribution in [2.45, 2.75) is 37.5 Å². The van der Waals surface area contributed by atoms with E-state index in [4.69, 9.17) is 0 Å². The molecule has 5 rings (SSSR count). The van der Waals surface area contributed by atoms with Crippen LogP contribution in [0.5, 0.6) is 0 Å². The normalized spacial score (nSPS) is 41.9. The van der Waals surface area contributed by atoms with Crippen molar-refractivity contribution < 1.29 is 9.90 Å². The molecule has 4 aliphatic rings. The first-order valence-electron chi connectivity index (χ1n) is 7.56. The Balaban J connectivity index is 1.74. The Morgan fingerprint density at radius 1 is 1.20 bits per heavy atom. The SMILES string of the molecule is O=C(O)C1C2CC3CC1CC(c1cccc(Br)c1)(C3)C2. The number of carboxylic acid groups (broad SMARTS) is 1. The van der Waals surface area contributed by atoms with Gasteiger partial charge in [0.2, 0.25) is 0 Å². The van der Waals surface area contributed by atoms with Crippen LogP contribution in [0, 0.1) is 23.7 Å². The van der Waals surface area contributed by atoms with E-state index in [-0.39, 0.29) is 11.3 Å². The van der Waals surface area contributed by atoms with Crippen LogP contribution in [0.15, 0.2) is 28.7 Å². The number of hydrogen-bond acceptors (Lipinski definition) is 1. The Morgan fingerprint density at radius 2 is 1.90 bits per heavy atom. The molecule has 4 bridgehead atoms. The maximum Gasteiger partial charge on any atom is 0.307 e. The van der Waals surface area contributed by atoms with Crippen molar-refractivity contribution in [2.75, 3.05) is 0 Å². The highest BCUT2D eigenvalue weighted by molar-refractivity contribution is 9.10. The fourth-order valence-electron chi connectivity index (χ4n) is 5.60. The highest BCUT2D eigenvalue weighted by Crippen LogP contribution is 2.62. The number of carbonyl (C=O) groups is 1. The van der Waals surface area contributed by atoms with Gasteiger partial charge < -0.3 is 5.11 Å². The van der Waals surface area contributed by atoms with E-state index in [9.17, 15) is 9.90 Å². The van der Waals surface area contributed by atoms with Gasteiger partial charge in [-0.05, 0) is 73.0 Å². The molecular weight excluding hydrogens is 316 g/mol. The summed E-state index contributed by atoms with van der Waals surface area (Å²) < 4.78 is 1.14. The number of aliphatic carboxylic acids is 1. The molecule has 0 spiro atoms. The van der Waals surface area contributed by atoms with Gasteiger partial charge in [-0.15, -0.1) is 0 Å². The second-order valence-electron chi connectivity index (χ2n) is 7.12. The van der Waals surface area contributed by atoms with Gasteiger partial charge >= 0.3 is 5.97 Å². The number of halogens is 1. The van der Waals surface area contributed by atoms with Crippen molar-refractivity contribution in [2.24, 2.45) is 23.7 Å². The quantitative estimate of drug-likeness (QED) is 0.878. The number of carboxylic acids is 1. The number of hydrogen-bond donors (Lipinski definition) is 1. The van der Waals surface area contributed by atoms with E-state index < -0.39 is 5.97 Å². The zero-order chi connectivity index (χ0) is 13.9. The minimum atomic E-state index is -0.553. The van der Waals surface area contributed by atoms with Gasteiger partial charge in [-0.25, -0.2) is 0 Å². The van der Waals surface area contributed by atoms with Gasteiger partial charge in [0.1, 0.15) is 0 Å². The first-order valence-corrected chi connectivity index (χ1v) is 8.35. The zero-order valence-electron chi connectivity index (χ0n) is 11.4. The highest BCUT2D eigenvalue weighted by Gasteiger charge is 2.57. The summed E-state index contributed by atoms with van der Waals surface area (Å²) in [6.07, 6.45) is 5.70. The monoisotopic (exact) mass is 334 g/mol. The second-order valence-corrected chi connectivity index (χ2v) is 8.04. The molecule has 2 atom stereocenters. The van der Waals surface area contributed by atoms with E-state index in [0.29, 0.717) is 11.8 Å². The lowest BCUT2D eigenvalue weighted by Gasteiger charge is -2.59. The highest BCUT2D eigenvalue weighted by atomic mass is 79.9. The van der Waals surface area contributed by atoms with Crippen LogP contribution in [0.1, 0.15) is 37.7 Å². The van der Waals surface area contributed by atoms with Gasteiger partial charge in [-0.2, -0.15) is 0 Å². The van der Waals surface area contributed by atoms with Crippen LogP contribution in [-0.2, 0) is 10.2 Å². The minimum Gasteiger partial charge on any atom is -0.481 e. The first-order chi connectivity index (χ1) is 9.57. The van der Waals surface area contributed by atoms with Crippen molar-refractivity contribution in [3.63, 3.8) is 0 Å². The molecule has 0 aromatic heterocycles. The second kappa shape index (κ2) is 4.33. The Labute approximate surface area is 127 Å². The summed E-state index contributed by atoms with van der Waals surface area (Å²) in [7, 11) is 0. The Morgan fingerprint density at radius 3 is 2.50 bits per heavy atom. The molecule has 2 unspecified atom stereocenters. The summed E-state index contributed by atoms with van der Waals surface area (Å²) in [4.78, 5) is 11.6. The summed E-state index contributed by atoms with van der Waals surface area (Å²) in [5.74, 6) is 0.924. The molecule has 4 fully saturated rings. The topological polar surface area (TPSA) is 37.3 Å². The van der Waals surface area contributed by atoms with Crippen molar-refractivity contribution in [1.82, 2.24) is 0 Å². The molecular formula is C17H19BrO2. The maximum absolute atomic E-state index is 11.6. The molecule has 0 heterocycles. The lowest BCUT2D eigenvalue weighted by atomic mass is 9.45. The molecule has 0 amide bonds. The average Bonchev–Trinajstić information content (AvgIpc) is 2.37. The molecule has 2 nitrogen and oxygen atoms in total. The molecule has 0 aliphatic heterocycles. The Hall–Kier alpha value is -0.830. The average molecular weight is 335 g/mol. The summed E-state index contributed by atoms with van der Waals surface area (Å²) in [6.45, 7) is 0. The molecule has 4 saturated carbocycles. The van der Waals surface area contributed by atoms with Crippen LogP contribution in [0.3, 0.4) is 0 Å². The fraction of sp³-hybridized carbons (Fsp3) is 0.588. The van der Waals surface area contributed by atoms with E-state index in [1.165, 1.54) is 12.0 Å². The van der Waals surface area contributed by atoms with Crippen molar-refractivity contribution >= 4 is 21.9 Å². The predicted octanol–water partition coefficient (Wildman–Crippen LogP) is 4.23. The number of benzene rings is 1. The Bertz CT molecular complexity index is 552. The van der Waals surface area contributed by atoms with E-state index >= 15 is 0 Å². The van der Waals surface area contributed by atoms with E-state index in [1.54, 1.807) is 0 Å². The van der Waals surface area contributed by atoms with Gasteiger partial charge in [-0.3, -0.25) is 4.79 Å². The van der Waals surface area contributed by atoms with Gasteiger partial charge in [0.05, 0.1) is 5.92 Å². The van der Waals surface area contributed by atoms with Crippen LogP contribution in [0.25, 0.3) is 0 Å². The standard InChI is InChI=1S/C17H19BrO2/c18-14-3-1-2-13(6-14)17-7-10-4-11(8-17)15(16(19)20)12(5-10)9-17/h1-3,6,10-12,15H,4-5,7-9H2,(H,19,20). The van der Waals surface area contributed by atoms with E-state index in [1.807, 2.05) is 0 Å². The summed E-state index contributed by atoms with van der Waals surface area (Å²) in [5, 5.41) is 9.54. The fourth-order valence-corrected chi connectivity index (χ4v) is 6.00. The summed E-state index contributed by atoms with van der Waals surface area (Å²) in [5.41, 5.74) is 1.68. The Kier molecular flexibility index (Phi) is 2.79. The molecule has 1 aromatic rings. The van der Waals surface area contributed by atoms with E-state index in [2.05, 4.69) is 40.2 Å². The maximum atomic E-state index is 11.6. The third-order valence-electron chi connectivity index (χ3n) is 6.00. The first kappa shape index (κ1) is 12.9. The van der Waals surface area contributed by atoms with Crippen LogP contribution < -0.4 is 0 Å². The lowest BCUT2D eigenvalue weighted by molar-refractivity contribution is -0.157. The number of rotatable bonds is 2. The lowest BCUT2D eigenvalue weighted by Crippen LogP contribution is -2.54. The van der Waals surface area contributed by atoms with Crippen molar-refractivity contribution in [1.29, 1.82) is 0 Å². The van der Waals surface area contributed by atoms with Crippen LogP contribution in [-0.4, -0.2) is 11.1 Å². The van der Waals surface area contributed by atoms with E-state index in [0.717, 1.165) is 36.1 Å². The molecule has 1 N–H and O–H groups in total. The summed E-state index contributed by atoms with van der Waals surface area (Å²) in [6, 6.07) is 8.69.